The van der Waals surface area contributed by atoms with E-state index in [2.05, 4.69) is 15.2 Å². The van der Waals surface area contributed by atoms with E-state index in [0.717, 1.165) is 10.3 Å². The van der Waals surface area contributed by atoms with Crippen molar-refractivity contribution in [1.82, 2.24) is 24.3 Å². The number of halogens is 3. The topological polar surface area (TPSA) is 57.8 Å². The maximum atomic E-state index is 13.9. The van der Waals surface area contributed by atoms with Gasteiger partial charge in [0.15, 0.2) is 22.5 Å². The lowest BCUT2D eigenvalue weighted by Crippen LogP contribution is -2.07. The van der Waals surface area contributed by atoms with Crippen LogP contribution in [-0.4, -0.2) is 24.3 Å². The van der Waals surface area contributed by atoms with Crippen LogP contribution in [0.15, 0.2) is 72.1 Å². The molecule has 4 rings (SSSR count). The molecule has 0 N–H and O–H groups in total. The first-order valence-electron chi connectivity index (χ1n) is 8.93. The molecule has 0 fully saturated rings. The van der Waals surface area contributed by atoms with E-state index in [-0.39, 0.29) is 23.9 Å². The molecule has 2 aromatic heterocycles. The second kappa shape index (κ2) is 9.04. The van der Waals surface area contributed by atoms with Crippen molar-refractivity contribution >= 4 is 11.8 Å². The zero-order valence-corrected chi connectivity index (χ0v) is 16.3. The van der Waals surface area contributed by atoms with Crippen molar-refractivity contribution in [2.75, 3.05) is 0 Å². The first-order chi connectivity index (χ1) is 14.6. The third-order valence-corrected chi connectivity index (χ3v) is 5.12. The van der Waals surface area contributed by atoms with E-state index in [9.17, 15) is 13.2 Å². The predicted octanol–water partition coefficient (Wildman–Crippen LogP) is 4.87. The standard InChI is InChI=1S/C20H16F3N5OS/c21-15-8-4-5-9-16(15)29-12-17-25-26-20(28(17)14-6-2-1-3-7-14)30-13-18-24-10-11-27(18)19(22)23/h1-11,19H,12-13H2. The molecule has 0 bridgehead atoms. The zero-order chi connectivity index (χ0) is 20.9. The number of hydrogen-bond donors (Lipinski definition) is 0. The van der Waals surface area contributed by atoms with E-state index in [1.807, 2.05) is 30.3 Å². The molecule has 0 spiro atoms. The number of thioether (sulfide) groups is 1. The van der Waals surface area contributed by atoms with Crippen LogP contribution in [0.25, 0.3) is 5.69 Å². The molecule has 0 atom stereocenters. The van der Waals surface area contributed by atoms with Crippen molar-refractivity contribution in [2.24, 2.45) is 0 Å². The fourth-order valence-electron chi connectivity index (χ4n) is 2.79. The second-order valence-electron chi connectivity index (χ2n) is 6.11. The van der Waals surface area contributed by atoms with Gasteiger partial charge in [0.05, 0.1) is 5.75 Å². The van der Waals surface area contributed by atoms with Crippen LogP contribution in [0.5, 0.6) is 5.75 Å². The number of nitrogens with zero attached hydrogens (tertiary/aromatic N) is 5. The van der Waals surface area contributed by atoms with Gasteiger partial charge in [0, 0.05) is 18.1 Å². The minimum atomic E-state index is -2.67. The molecule has 0 amide bonds. The van der Waals surface area contributed by atoms with E-state index >= 15 is 0 Å². The number of imidazole rings is 1. The summed E-state index contributed by atoms with van der Waals surface area (Å²) in [5.41, 5.74) is 0.773. The fraction of sp³-hybridized carbons (Fsp3) is 0.150. The van der Waals surface area contributed by atoms with Crippen LogP contribution in [0.4, 0.5) is 13.2 Å². The highest BCUT2D eigenvalue weighted by Crippen LogP contribution is 2.27. The Morgan fingerprint density at radius 2 is 1.73 bits per heavy atom. The van der Waals surface area contributed by atoms with Crippen molar-refractivity contribution in [2.45, 2.75) is 24.1 Å². The summed E-state index contributed by atoms with van der Waals surface area (Å²) < 4.78 is 48.1. The van der Waals surface area contributed by atoms with Crippen LogP contribution in [-0.2, 0) is 12.4 Å². The molecule has 6 nitrogen and oxygen atoms in total. The van der Waals surface area contributed by atoms with Gasteiger partial charge in [-0.25, -0.2) is 9.37 Å². The Morgan fingerprint density at radius 3 is 2.50 bits per heavy atom. The van der Waals surface area contributed by atoms with Gasteiger partial charge in [0.25, 0.3) is 0 Å². The van der Waals surface area contributed by atoms with Gasteiger partial charge in [-0.05, 0) is 24.3 Å². The van der Waals surface area contributed by atoms with Gasteiger partial charge in [0.1, 0.15) is 12.4 Å². The molecule has 0 saturated heterocycles. The van der Waals surface area contributed by atoms with Crippen molar-refractivity contribution in [3.8, 4) is 11.4 Å². The van der Waals surface area contributed by atoms with Gasteiger partial charge in [-0.15, -0.1) is 10.2 Å². The molecule has 0 radical (unpaired) electrons. The quantitative estimate of drug-likeness (QED) is 0.373. The zero-order valence-electron chi connectivity index (χ0n) is 15.5. The summed E-state index contributed by atoms with van der Waals surface area (Å²) >= 11 is 1.22. The highest BCUT2D eigenvalue weighted by atomic mass is 32.2. The van der Waals surface area contributed by atoms with Crippen LogP contribution < -0.4 is 4.74 Å². The highest BCUT2D eigenvalue weighted by Gasteiger charge is 2.18. The number of hydrogen-bond acceptors (Lipinski definition) is 5. The minimum absolute atomic E-state index is 0.0188. The Labute approximate surface area is 174 Å². The molecule has 154 valence electrons. The lowest BCUT2D eigenvalue weighted by Gasteiger charge is -2.11. The molecule has 4 aromatic rings. The fourth-order valence-corrected chi connectivity index (χ4v) is 3.71. The highest BCUT2D eigenvalue weighted by molar-refractivity contribution is 7.98. The Kier molecular flexibility index (Phi) is 6.03. The molecule has 0 aliphatic carbocycles. The number of alkyl halides is 2. The van der Waals surface area contributed by atoms with Crippen LogP contribution in [0.3, 0.4) is 0 Å². The van der Waals surface area contributed by atoms with Crippen LogP contribution in [0.2, 0.25) is 0 Å². The maximum Gasteiger partial charge on any atom is 0.319 e. The van der Waals surface area contributed by atoms with E-state index < -0.39 is 12.4 Å². The SMILES string of the molecule is Fc1ccccc1OCc1nnc(SCc2nccn2C(F)F)n1-c1ccccc1. The average molecular weight is 431 g/mol. The number of rotatable bonds is 8. The smallest absolute Gasteiger partial charge is 0.319 e. The number of ether oxygens (including phenoxy) is 1. The van der Waals surface area contributed by atoms with E-state index in [0.29, 0.717) is 11.0 Å². The van der Waals surface area contributed by atoms with E-state index in [4.69, 9.17) is 4.74 Å². The normalized spacial score (nSPS) is 11.2. The Bertz CT molecular complexity index is 1120. The molecule has 2 heterocycles. The lowest BCUT2D eigenvalue weighted by molar-refractivity contribution is 0.0678. The lowest BCUT2D eigenvalue weighted by atomic mass is 10.3. The van der Waals surface area contributed by atoms with Gasteiger partial charge >= 0.3 is 6.55 Å². The first-order valence-corrected chi connectivity index (χ1v) is 9.91. The molecule has 30 heavy (non-hydrogen) atoms. The summed E-state index contributed by atoms with van der Waals surface area (Å²) in [4.78, 5) is 3.99. The van der Waals surface area contributed by atoms with Crippen molar-refractivity contribution in [1.29, 1.82) is 0 Å². The van der Waals surface area contributed by atoms with Crippen molar-refractivity contribution in [3.05, 3.63) is 84.5 Å². The van der Waals surface area contributed by atoms with Gasteiger partial charge in [-0.2, -0.15) is 8.78 Å². The molecule has 0 saturated carbocycles. The van der Waals surface area contributed by atoms with Crippen LogP contribution >= 0.6 is 11.8 Å². The summed E-state index contributed by atoms with van der Waals surface area (Å²) in [6, 6.07) is 15.4. The molecule has 0 aliphatic heterocycles. The minimum Gasteiger partial charge on any atom is -0.483 e. The summed E-state index contributed by atoms with van der Waals surface area (Å²) in [6.45, 7) is -2.69. The molecule has 0 aliphatic rings. The molecule has 2 aromatic carbocycles. The monoisotopic (exact) mass is 431 g/mol. The summed E-state index contributed by atoms with van der Waals surface area (Å²) in [5.74, 6) is 0.479. The van der Waals surface area contributed by atoms with Gasteiger partial charge in [-0.3, -0.25) is 9.13 Å². The Balaban J connectivity index is 1.59. The van der Waals surface area contributed by atoms with Crippen LogP contribution in [0.1, 0.15) is 18.2 Å². The van der Waals surface area contributed by atoms with Crippen molar-refractivity contribution in [3.63, 3.8) is 0 Å². The predicted molar refractivity (Wildman–Crippen MR) is 105 cm³/mol. The third kappa shape index (κ3) is 4.33. The average Bonchev–Trinajstić information content (AvgIpc) is 3.39. The Hall–Kier alpha value is -3.27. The summed E-state index contributed by atoms with van der Waals surface area (Å²) in [5, 5.41) is 8.83. The molecular weight excluding hydrogens is 415 g/mol. The molecule has 0 unspecified atom stereocenters. The molecule has 10 heteroatoms. The first kappa shape index (κ1) is 20.0. The van der Waals surface area contributed by atoms with E-state index in [1.165, 1.54) is 36.3 Å². The van der Waals surface area contributed by atoms with Gasteiger partial charge in [-0.1, -0.05) is 42.1 Å². The van der Waals surface area contributed by atoms with Crippen LogP contribution in [0, 0.1) is 5.82 Å². The third-order valence-electron chi connectivity index (χ3n) is 4.20. The van der Waals surface area contributed by atoms with E-state index in [1.54, 1.807) is 16.7 Å². The largest absolute Gasteiger partial charge is 0.483 e. The maximum absolute atomic E-state index is 13.9. The number of benzene rings is 2. The van der Waals surface area contributed by atoms with Crippen molar-refractivity contribution < 1.29 is 17.9 Å². The van der Waals surface area contributed by atoms with Gasteiger partial charge < -0.3 is 4.74 Å². The summed E-state index contributed by atoms with van der Waals surface area (Å²) in [6.07, 6.45) is 2.56. The molecular formula is C20H16F3N5OS. The second-order valence-corrected chi connectivity index (χ2v) is 7.05. The summed E-state index contributed by atoms with van der Waals surface area (Å²) in [7, 11) is 0. The number of aromatic nitrogens is 5. The Morgan fingerprint density at radius 1 is 0.967 bits per heavy atom. The number of para-hydroxylation sites is 2. The van der Waals surface area contributed by atoms with Gasteiger partial charge in [0.2, 0.25) is 0 Å².